The highest BCUT2D eigenvalue weighted by atomic mass is 32.2. The summed E-state index contributed by atoms with van der Waals surface area (Å²) < 4.78 is 34.1. The first-order chi connectivity index (χ1) is 10.8. The molecule has 0 saturated heterocycles. The summed E-state index contributed by atoms with van der Waals surface area (Å²) in [6.07, 6.45) is 1.76. The second-order valence-electron chi connectivity index (χ2n) is 5.20. The lowest BCUT2D eigenvalue weighted by atomic mass is 10.1. The second-order valence-corrected chi connectivity index (χ2v) is 7.22. The van der Waals surface area contributed by atoms with Crippen LogP contribution in [0.2, 0.25) is 0 Å². The topological polar surface area (TPSA) is 89.9 Å². The fraction of sp³-hybridized carbons (Fsp3) is 0.188. The number of carboxylic acids is 1. The van der Waals surface area contributed by atoms with Crippen molar-refractivity contribution in [3.05, 3.63) is 47.5 Å². The summed E-state index contributed by atoms with van der Waals surface area (Å²) in [6.45, 7) is 0.474. The number of rotatable bonds is 4. The molecular weight excluding hydrogens is 320 g/mol. The van der Waals surface area contributed by atoms with Crippen molar-refractivity contribution >= 4 is 15.8 Å². The first kappa shape index (κ1) is 15.4. The van der Waals surface area contributed by atoms with E-state index in [-0.39, 0.29) is 10.5 Å². The second kappa shape index (κ2) is 5.58. The Balaban J connectivity index is 1.95. The Morgan fingerprint density at radius 3 is 2.52 bits per heavy atom. The van der Waals surface area contributed by atoms with Crippen LogP contribution in [0.5, 0.6) is 17.2 Å². The van der Waals surface area contributed by atoms with Gasteiger partial charge in [-0.05, 0) is 36.4 Å². The number of carboxylic acid groups (broad SMARTS) is 1. The maximum absolute atomic E-state index is 11.5. The lowest BCUT2D eigenvalue weighted by Gasteiger charge is -2.11. The first-order valence-electron chi connectivity index (χ1n) is 6.85. The third-order valence-electron chi connectivity index (χ3n) is 3.50. The van der Waals surface area contributed by atoms with Gasteiger partial charge in [-0.3, -0.25) is 0 Å². The third kappa shape index (κ3) is 3.14. The molecule has 0 atom stereocenters. The average Bonchev–Trinajstić information content (AvgIpc) is 2.95. The molecule has 0 radical (unpaired) electrons. The highest BCUT2D eigenvalue weighted by Crippen LogP contribution is 2.37. The van der Waals surface area contributed by atoms with Crippen LogP contribution in [0.25, 0.3) is 0 Å². The number of aromatic carboxylic acids is 1. The molecule has 0 amide bonds. The van der Waals surface area contributed by atoms with Gasteiger partial charge < -0.3 is 14.6 Å². The molecule has 2 aromatic rings. The Morgan fingerprint density at radius 2 is 1.91 bits per heavy atom. The number of ether oxygens (including phenoxy) is 2. The zero-order valence-electron chi connectivity index (χ0n) is 12.3. The van der Waals surface area contributed by atoms with Crippen molar-refractivity contribution in [2.24, 2.45) is 0 Å². The molecule has 0 aliphatic carbocycles. The highest BCUT2D eigenvalue weighted by Gasteiger charge is 2.21. The molecule has 0 saturated carbocycles. The SMILES string of the molecule is CS(=O)(=O)c1ccc(Oc2cc(C(=O)O)cc3c2CCO3)cc1. The van der Waals surface area contributed by atoms with Crippen LogP contribution in [0.1, 0.15) is 15.9 Å². The Morgan fingerprint density at radius 1 is 1.22 bits per heavy atom. The van der Waals surface area contributed by atoms with Crippen LogP contribution >= 0.6 is 0 Å². The van der Waals surface area contributed by atoms with Gasteiger partial charge in [0.05, 0.1) is 17.1 Å². The maximum Gasteiger partial charge on any atom is 0.335 e. The minimum atomic E-state index is -3.27. The quantitative estimate of drug-likeness (QED) is 0.924. The number of fused-ring (bicyclic) bond motifs is 1. The molecule has 1 heterocycles. The first-order valence-corrected chi connectivity index (χ1v) is 8.75. The van der Waals surface area contributed by atoms with E-state index in [9.17, 15) is 13.2 Å². The van der Waals surface area contributed by atoms with Crippen LogP contribution in [-0.4, -0.2) is 32.4 Å². The molecule has 0 aromatic heterocycles. The van der Waals surface area contributed by atoms with Crippen molar-refractivity contribution < 1.29 is 27.8 Å². The molecule has 0 unspecified atom stereocenters. The molecule has 2 aromatic carbocycles. The summed E-state index contributed by atoms with van der Waals surface area (Å²) in [7, 11) is -3.27. The number of benzene rings is 2. The molecule has 1 N–H and O–H groups in total. The molecule has 120 valence electrons. The van der Waals surface area contributed by atoms with E-state index in [1.165, 1.54) is 36.4 Å². The van der Waals surface area contributed by atoms with Gasteiger partial charge in [-0.2, -0.15) is 0 Å². The smallest absolute Gasteiger partial charge is 0.335 e. The Labute approximate surface area is 133 Å². The van der Waals surface area contributed by atoms with Crippen molar-refractivity contribution in [3.8, 4) is 17.2 Å². The van der Waals surface area contributed by atoms with Gasteiger partial charge >= 0.3 is 5.97 Å². The molecule has 7 heteroatoms. The normalized spacial score (nSPS) is 13.3. The van der Waals surface area contributed by atoms with Gasteiger partial charge in [0.15, 0.2) is 9.84 Å². The van der Waals surface area contributed by atoms with Crippen molar-refractivity contribution in [1.29, 1.82) is 0 Å². The summed E-state index contributed by atoms with van der Waals surface area (Å²) >= 11 is 0. The Hall–Kier alpha value is -2.54. The third-order valence-corrected chi connectivity index (χ3v) is 4.63. The number of hydrogen-bond donors (Lipinski definition) is 1. The average molecular weight is 334 g/mol. The molecular formula is C16H14O6S. The van der Waals surface area contributed by atoms with E-state index >= 15 is 0 Å². The largest absolute Gasteiger partial charge is 0.493 e. The van der Waals surface area contributed by atoms with E-state index in [0.717, 1.165) is 11.8 Å². The molecule has 3 rings (SSSR count). The van der Waals surface area contributed by atoms with E-state index in [4.69, 9.17) is 14.6 Å². The summed E-state index contributed by atoms with van der Waals surface area (Å²) in [6, 6.07) is 8.88. The molecule has 1 aliphatic heterocycles. The van der Waals surface area contributed by atoms with Gasteiger partial charge in [-0.1, -0.05) is 0 Å². The van der Waals surface area contributed by atoms with Crippen LogP contribution in [0.4, 0.5) is 0 Å². The van der Waals surface area contributed by atoms with Gasteiger partial charge in [0, 0.05) is 18.2 Å². The maximum atomic E-state index is 11.5. The van der Waals surface area contributed by atoms with E-state index in [1.54, 1.807) is 0 Å². The van der Waals surface area contributed by atoms with Crippen molar-refractivity contribution in [2.75, 3.05) is 12.9 Å². The Kier molecular flexibility index (Phi) is 3.73. The molecule has 1 aliphatic rings. The minimum absolute atomic E-state index is 0.0772. The molecule has 0 spiro atoms. The van der Waals surface area contributed by atoms with Gasteiger partial charge in [-0.25, -0.2) is 13.2 Å². The van der Waals surface area contributed by atoms with Crippen molar-refractivity contribution in [3.63, 3.8) is 0 Å². The van der Waals surface area contributed by atoms with Gasteiger partial charge in [-0.15, -0.1) is 0 Å². The van der Waals surface area contributed by atoms with Crippen LogP contribution in [0.3, 0.4) is 0 Å². The van der Waals surface area contributed by atoms with Gasteiger partial charge in [0.2, 0.25) is 0 Å². The molecule has 23 heavy (non-hydrogen) atoms. The molecule has 6 nitrogen and oxygen atoms in total. The van der Waals surface area contributed by atoms with Crippen molar-refractivity contribution in [2.45, 2.75) is 11.3 Å². The van der Waals surface area contributed by atoms with Gasteiger partial charge in [0.1, 0.15) is 17.2 Å². The Bertz CT molecular complexity index is 868. The zero-order valence-corrected chi connectivity index (χ0v) is 13.1. The summed E-state index contributed by atoms with van der Waals surface area (Å²) in [5.74, 6) is 0.270. The van der Waals surface area contributed by atoms with E-state index in [1.807, 2.05) is 0 Å². The van der Waals surface area contributed by atoms with Crippen molar-refractivity contribution in [1.82, 2.24) is 0 Å². The standard InChI is InChI=1S/C16H14O6S/c1-23(19,20)12-4-2-11(3-5-12)22-15-9-10(16(17)18)8-14-13(15)6-7-21-14/h2-5,8-9H,6-7H2,1H3,(H,17,18). The number of sulfone groups is 1. The summed E-state index contributed by atoms with van der Waals surface area (Å²) in [5, 5.41) is 9.15. The number of carbonyl (C=O) groups is 1. The highest BCUT2D eigenvalue weighted by molar-refractivity contribution is 7.90. The van der Waals surface area contributed by atoms with E-state index in [2.05, 4.69) is 0 Å². The summed E-state index contributed by atoms with van der Waals surface area (Å²) in [4.78, 5) is 11.4. The fourth-order valence-electron chi connectivity index (χ4n) is 2.35. The minimum Gasteiger partial charge on any atom is -0.493 e. The van der Waals surface area contributed by atoms with Crippen LogP contribution < -0.4 is 9.47 Å². The van der Waals surface area contributed by atoms with Gasteiger partial charge in [0.25, 0.3) is 0 Å². The van der Waals surface area contributed by atoms with E-state index < -0.39 is 15.8 Å². The molecule has 0 bridgehead atoms. The van der Waals surface area contributed by atoms with E-state index in [0.29, 0.717) is 30.3 Å². The van der Waals surface area contributed by atoms with Crippen LogP contribution in [-0.2, 0) is 16.3 Å². The number of hydrogen-bond acceptors (Lipinski definition) is 5. The van der Waals surface area contributed by atoms with Crippen LogP contribution in [0, 0.1) is 0 Å². The lowest BCUT2D eigenvalue weighted by Crippen LogP contribution is -1.99. The predicted octanol–water partition coefficient (Wildman–Crippen LogP) is 2.52. The monoisotopic (exact) mass is 334 g/mol. The predicted molar refractivity (Wildman–Crippen MR) is 82.2 cm³/mol. The summed E-state index contributed by atoms with van der Waals surface area (Å²) in [5.41, 5.74) is 0.885. The molecule has 0 fully saturated rings. The fourth-order valence-corrected chi connectivity index (χ4v) is 2.98. The van der Waals surface area contributed by atoms with Crippen LogP contribution in [0.15, 0.2) is 41.3 Å². The zero-order chi connectivity index (χ0) is 16.6. The lowest BCUT2D eigenvalue weighted by molar-refractivity contribution is 0.0696.